The summed E-state index contributed by atoms with van der Waals surface area (Å²) in [7, 11) is 0. The van der Waals surface area contributed by atoms with Crippen LogP contribution < -0.4 is 10.1 Å². The Kier molecular flexibility index (Phi) is 6.18. The van der Waals surface area contributed by atoms with Gasteiger partial charge in [-0.25, -0.2) is 4.98 Å². The van der Waals surface area contributed by atoms with E-state index < -0.39 is 12.3 Å². The molecule has 2 aromatic carbocycles. The monoisotopic (exact) mass is 533 g/mol. The van der Waals surface area contributed by atoms with Gasteiger partial charge < -0.3 is 19.7 Å². The van der Waals surface area contributed by atoms with Gasteiger partial charge in [-0.05, 0) is 61.7 Å². The molecule has 1 amide bonds. The normalized spacial score (nSPS) is 11.3. The average molecular weight is 535 g/mol. The van der Waals surface area contributed by atoms with Crippen molar-refractivity contribution in [1.29, 1.82) is 0 Å². The van der Waals surface area contributed by atoms with Crippen LogP contribution in [-0.2, 0) is 6.54 Å². The zero-order chi connectivity index (χ0) is 21.2. The maximum Gasteiger partial charge on any atom is 0.573 e. The van der Waals surface area contributed by atoms with Gasteiger partial charge >= 0.3 is 6.36 Å². The molecular formula is C18H12Br2F3N3O3. The maximum atomic E-state index is 12.3. The summed E-state index contributed by atoms with van der Waals surface area (Å²) in [6, 6.07) is 8.63. The standard InChI is InChI=1S/C18H12Br2F3N3O3/c19-13-5-11(6-14(20)16(13)27)26-8-15(25-9-26)17(28)24-7-10-2-1-3-12(4-10)29-18(21,22)23/h1-6,8-9,27H,7H2,(H,24,28). The van der Waals surface area contributed by atoms with E-state index in [0.29, 0.717) is 20.2 Å². The fourth-order valence-corrected chi connectivity index (χ4v) is 3.57. The molecule has 1 aromatic heterocycles. The maximum absolute atomic E-state index is 12.3. The molecule has 0 unspecified atom stereocenters. The Labute approximate surface area is 179 Å². The largest absolute Gasteiger partial charge is 0.573 e. The van der Waals surface area contributed by atoms with Crippen LogP contribution >= 0.6 is 31.9 Å². The molecule has 3 rings (SSSR count). The molecular weight excluding hydrogens is 523 g/mol. The summed E-state index contributed by atoms with van der Waals surface area (Å²) in [5.74, 6) is -0.816. The summed E-state index contributed by atoms with van der Waals surface area (Å²) >= 11 is 6.46. The summed E-state index contributed by atoms with van der Waals surface area (Å²) in [5.41, 5.74) is 1.20. The molecule has 0 saturated heterocycles. The first-order valence-corrected chi connectivity index (χ1v) is 9.56. The van der Waals surface area contributed by atoms with Crippen LogP contribution in [0.15, 0.2) is 57.9 Å². The van der Waals surface area contributed by atoms with Gasteiger partial charge in [0.15, 0.2) is 0 Å². The van der Waals surface area contributed by atoms with Crippen molar-refractivity contribution in [1.82, 2.24) is 14.9 Å². The Balaban J connectivity index is 1.68. The van der Waals surface area contributed by atoms with Gasteiger partial charge in [-0.1, -0.05) is 12.1 Å². The second kappa shape index (κ2) is 8.46. The number of carbonyl (C=O) groups is 1. The number of amides is 1. The van der Waals surface area contributed by atoms with Crippen molar-refractivity contribution in [3.8, 4) is 17.2 Å². The van der Waals surface area contributed by atoms with E-state index in [1.807, 2.05) is 0 Å². The van der Waals surface area contributed by atoms with Gasteiger partial charge in [-0.15, -0.1) is 13.2 Å². The van der Waals surface area contributed by atoms with E-state index in [0.717, 1.165) is 0 Å². The molecule has 0 aliphatic carbocycles. The number of carbonyl (C=O) groups excluding carboxylic acids is 1. The zero-order valence-corrected chi connectivity index (χ0v) is 17.5. The molecule has 0 fully saturated rings. The highest BCUT2D eigenvalue weighted by Crippen LogP contribution is 2.34. The second-order valence-corrected chi connectivity index (χ2v) is 7.51. The lowest BCUT2D eigenvalue weighted by Gasteiger charge is -2.10. The van der Waals surface area contributed by atoms with E-state index in [1.165, 1.54) is 30.7 Å². The lowest BCUT2D eigenvalue weighted by molar-refractivity contribution is -0.274. The van der Waals surface area contributed by atoms with Gasteiger partial charge in [-0.3, -0.25) is 4.79 Å². The molecule has 0 aliphatic heterocycles. The zero-order valence-electron chi connectivity index (χ0n) is 14.4. The van der Waals surface area contributed by atoms with Crippen LogP contribution in [0.4, 0.5) is 13.2 Å². The van der Waals surface area contributed by atoms with Gasteiger partial charge in [0.25, 0.3) is 5.91 Å². The smallest absolute Gasteiger partial charge is 0.506 e. The lowest BCUT2D eigenvalue weighted by atomic mass is 10.2. The highest BCUT2D eigenvalue weighted by molar-refractivity contribution is 9.11. The number of phenols is 1. The molecule has 11 heteroatoms. The number of nitrogens with one attached hydrogen (secondary N) is 1. The molecule has 1 heterocycles. The van der Waals surface area contributed by atoms with Crippen molar-refractivity contribution < 1.29 is 27.8 Å². The van der Waals surface area contributed by atoms with Crippen LogP contribution in [0.3, 0.4) is 0 Å². The third-order valence-electron chi connectivity index (χ3n) is 3.70. The van der Waals surface area contributed by atoms with Crippen molar-refractivity contribution in [2.45, 2.75) is 12.9 Å². The second-order valence-electron chi connectivity index (χ2n) is 5.80. The molecule has 6 nitrogen and oxygen atoms in total. The number of halogens is 5. The Hall–Kier alpha value is -2.53. The summed E-state index contributed by atoms with van der Waals surface area (Å²) in [6.07, 6.45) is -1.87. The van der Waals surface area contributed by atoms with E-state index in [4.69, 9.17) is 0 Å². The quantitative estimate of drug-likeness (QED) is 0.486. The van der Waals surface area contributed by atoms with Crippen LogP contribution in [-0.4, -0.2) is 26.9 Å². The highest BCUT2D eigenvalue weighted by atomic mass is 79.9. The molecule has 0 saturated carbocycles. The van der Waals surface area contributed by atoms with Crippen molar-refractivity contribution in [3.05, 3.63) is 69.1 Å². The van der Waals surface area contributed by atoms with Gasteiger partial charge in [0, 0.05) is 18.4 Å². The molecule has 29 heavy (non-hydrogen) atoms. The summed E-state index contributed by atoms with van der Waals surface area (Å²) < 4.78 is 43.3. The molecule has 0 aliphatic rings. The number of phenolic OH excluding ortho intramolecular Hbond substituents is 1. The number of aromatic hydroxyl groups is 1. The number of hydrogen-bond donors (Lipinski definition) is 2. The number of aromatic nitrogens is 2. The molecule has 0 radical (unpaired) electrons. The molecule has 3 aromatic rings. The third kappa shape index (κ3) is 5.51. The summed E-state index contributed by atoms with van der Waals surface area (Å²) in [5, 5.41) is 12.4. The third-order valence-corrected chi connectivity index (χ3v) is 4.91. The van der Waals surface area contributed by atoms with E-state index in [-0.39, 0.29) is 23.7 Å². The Morgan fingerprint density at radius 1 is 1.21 bits per heavy atom. The average Bonchev–Trinajstić information content (AvgIpc) is 3.13. The van der Waals surface area contributed by atoms with Crippen molar-refractivity contribution in [3.63, 3.8) is 0 Å². The van der Waals surface area contributed by atoms with Crippen LogP contribution in [0.2, 0.25) is 0 Å². The van der Waals surface area contributed by atoms with Gasteiger partial charge in [0.1, 0.15) is 23.5 Å². The van der Waals surface area contributed by atoms with Gasteiger partial charge in [0.2, 0.25) is 0 Å². The Morgan fingerprint density at radius 3 is 2.55 bits per heavy atom. The minimum Gasteiger partial charge on any atom is -0.506 e. The highest BCUT2D eigenvalue weighted by Gasteiger charge is 2.31. The SMILES string of the molecule is O=C(NCc1cccc(OC(F)(F)F)c1)c1cn(-c2cc(Br)c(O)c(Br)c2)cn1. The van der Waals surface area contributed by atoms with Gasteiger partial charge in [0.05, 0.1) is 8.95 Å². The number of hydrogen-bond acceptors (Lipinski definition) is 4. The number of rotatable bonds is 5. The number of alkyl halides is 3. The van der Waals surface area contributed by atoms with Gasteiger partial charge in [-0.2, -0.15) is 0 Å². The summed E-state index contributed by atoms with van der Waals surface area (Å²) in [4.78, 5) is 16.3. The first-order valence-electron chi connectivity index (χ1n) is 7.97. The first kappa shape index (κ1) is 21.2. The first-order chi connectivity index (χ1) is 13.6. The number of imidazole rings is 1. The predicted molar refractivity (Wildman–Crippen MR) is 105 cm³/mol. The van der Waals surface area contributed by atoms with Crippen molar-refractivity contribution >= 4 is 37.8 Å². The molecule has 2 N–H and O–H groups in total. The number of nitrogens with zero attached hydrogens (tertiary/aromatic N) is 2. The number of ether oxygens (including phenoxy) is 1. The topological polar surface area (TPSA) is 76.4 Å². The van der Waals surface area contributed by atoms with E-state index in [1.54, 1.807) is 22.8 Å². The lowest BCUT2D eigenvalue weighted by Crippen LogP contribution is -2.23. The Morgan fingerprint density at radius 2 is 1.90 bits per heavy atom. The molecule has 0 bridgehead atoms. The molecule has 152 valence electrons. The van der Waals surface area contributed by atoms with Crippen LogP contribution in [0, 0.1) is 0 Å². The summed E-state index contributed by atoms with van der Waals surface area (Å²) in [6.45, 7) is -0.00292. The molecule has 0 atom stereocenters. The van der Waals surface area contributed by atoms with Crippen molar-refractivity contribution in [2.24, 2.45) is 0 Å². The van der Waals surface area contributed by atoms with E-state index in [9.17, 15) is 23.1 Å². The predicted octanol–water partition coefficient (Wildman–Crippen LogP) is 4.93. The minimum absolute atomic E-state index is 0.00292. The molecule has 0 spiro atoms. The van der Waals surface area contributed by atoms with Crippen LogP contribution in [0.25, 0.3) is 5.69 Å². The Bertz CT molecular complexity index is 1030. The van der Waals surface area contributed by atoms with E-state index in [2.05, 4.69) is 46.9 Å². The van der Waals surface area contributed by atoms with Crippen molar-refractivity contribution in [2.75, 3.05) is 0 Å². The van der Waals surface area contributed by atoms with Crippen LogP contribution in [0.1, 0.15) is 16.1 Å². The minimum atomic E-state index is -4.78. The number of benzene rings is 2. The fraction of sp³-hybridized carbons (Fsp3) is 0.111. The van der Waals surface area contributed by atoms with Crippen LogP contribution in [0.5, 0.6) is 11.5 Å². The fourth-order valence-electron chi connectivity index (χ4n) is 2.41. The van der Waals surface area contributed by atoms with E-state index >= 15 is 0 Å².